The van der Waals surface area contributed by atoms with Gasteiger partial charge in [0.25, 0.3) is 0 Å². The maximum absolute atomic E-state index is 7.95. The maximum atomic E-state index is 7.95. The van der Waals surface area contributed by atoms with Gasteiger partial charge in [0.2, 0.25) is 0 Å². The summed E-state index contributed by atoms with van der Waals surface area (Å²) < 4.78 is 3.68. The van der Waals surface area contributed by atoms with Crippen LogP contribution in [0.5, 0.6) is 0 Å². The molecule has 0 saturated carbocycles. The predicted octanol–water partition coefficient (Wildman–Crippen LogP) is 1.66. The lowest BCUT2D eigenvalue weighted by atomic mass is 10.2. The molecule has 0 spiro atoms. The monoisotopic (exact) mass is 246 g/mol. The average Bonchev–Trinajstić information content (AvgIpc) is 2.76. The van der Waals surface area contributed by atoms with E-state index in [1.54, 1.807) is 17.1 Å². The van der Waals surface area contributed by atoms with Crippen LogP contribution in [0.15, 0.2) is 30.9 Å². The highest BCUT2D eigenvalue weighted by Gasteiger charge is 2.04. The number of thiocarbonyl (C=S) groups is 1. The largest absolute Gasteiger partial charge is 0.324 e. The smallest absolute Gasteiger partial charge is 0.125 e. The van der Waals surface area contributed by atoms with Gasteiger partial charge in [0.05, 0.1) is 12.9 Å². The van der Waals surface area contributed by atoms with Gasteiger partial charge in [-0.25, -0.2) is 4.98 Å². The number of nitrogens with zero attached hydrogens (tertiary/aromatic N) is 3. The molecule has 4 nitrogen and oxygen atoms in total. The van der Waals surface area contributed by atoms with Crippen molar-refractivity contribution in [3.05, 3.63) is 47.6 Å². The van der Waals surface area contributed by atoms with E-state index in [4.69, 9.17) is 17.6 Å². The lowest BCUT2D eigenvalue weighted by Gasteiger charge is -2.13. The first-order valence-electron chi connectivity index (χ1n) is 5.32. The van der Waals surface area contributed by atoms with E-state index in [9.17, 15) is 0 Å². The summed E-state index contributed by atoms with van der Waals surface area (Å²) in [5.41, 5.74) is 2.61. The average molecular weight is 246 g/mol. The van der Waals surface area contributed by atoms with Crippen LogP contribution in [0, 0.1) is 19.3 Å². The molecule has 0 saturated heterocycles. The third kappa shape index (κ3) is 2.50. The van der Waals surface area contributed by atoms with Crippen molar-refractivity contribution in [1.82, 2.24) is 14.1 Å². The van der Waals surface area contributed by atoms with Gasteiger partial charge in [0.1, 0.15) is 10.5 Å². The number of imidazole rings is 1. The van der Waals surface area contributed by atoms with Crippen LogP contribution < -0.4 is 5.49 Å². The molecule has 5 heteroatoms. The molecule has 0 unspecified atom stereocenters. The molecule has 2 aromatic rings. The SMILES string of the molecule is Cc1cc(C)n(CC(=S)n2ccnc2)c(=N)c1. The van der Waals surface area contributed by atoms with Crippen LogP contribution in [-0.4, -0.2) is 19.1 Å². The highest BCUT2D eigenvalue weighted by molar-refractivity contribution is 7.80. The number of nitrogens with one attached hydrogen (secondary N) is 1. The fraction of sp³-hybridized carbons (Fsp3) is 0.250. The van der Waals surface area contributed by atoms with E-state index in [0.29, 0.717) is 12.0 Å². The van der Waals surface area contributed by atoms with Crippen molar-refractivity contribution < 1.29 is 0 Å². The molecule has 0 atom stereocenters. The lowest BCUT2D eigenvalue weighted by molar-refractivity contribution is 0.731. The van der Waals surface area contributed by atoms with Gasteiger partial charge in [-0.3, -0.25) is 9.98 Å². The van der Waals surface area contributed by atoms with Crippen LogP contribution in [0.1, 0.15) is 11.3 Å². The number of aryl methyl sites for hydroxylation is 2. The predicted molar refractivity (Wildman–Crippen MR) is 70.0 cm³/mol. The van der Waals surface area contributed by atoms with Gasteiger partial charge in [-0.1, -0.05) is 12.2 Å². The third-order valence-electron chi connectivity index (χ3n) is 2.60. The van der Waals surface area contributed by atoms with E-state index in [2.05, 4.69) is 11.1 Å². The van der Waals surface area contributed by atoms with Gasteiger partial charge in [-0.15, -0.1) is 0 Å². The highest BCUT2D eigenvalue weighted by Crippen LogP contribution is 2.01. The van der Waals surface area contributed by atoms with Gasteiger partial charge in [-0.2, -0.15) is 0 Å². The van der Waals surface area contributed by atoms with Crippen molar-refractivity contribution in [2.45, 2.75) is 20.4 Å². The fourth-order valence-corrected chi connectivity index (χ4v) is 2.00. The molecule has 0 aliphatic rings. The topological polar surface area (TPSA) is 46.6 Å². The number of pyridine rings is 1. The summed E-state index contributed by atoms with van der Waals surface area (Å²) in [6.45, 7) is 4.50. The molecule has 2 aromatic heterocycles. The molecule has 1 N–H and O–H groups in total. The van der Waals surface area contributed by atoms with Gasteiger partial charge in [0, 0.05) is 18.1 Å². The molecule has 0 bridgehead atoms. The summed E-state index contributed by atoms with van der Waals surface area (Å²) in [4.78, 5) is 4.69. The number of hydrogen-bond donors (Lipinski definition) is 1. The van der Waals surface area contributed by atoms with Crippen molar-refractivity contribution >= 4 is 17.2 Å². The van der Waals surface area contributed by atoms with E-state index >= 15 is 0 Å². The minimum atomic E-state index is 0.477. The van der Waals surface area contributed by atoms with Crippen LogP contribution in [0.4, 0.5) is 0 Å². The summed E-state index contributed by atoms with van der Waals surface area (Å²) in [7, 11) is 0. The zero-order valence-electron chi connectivity index (χ0n) is 9.84. The van der Waals surface area contributed by atoms with Gasteiger partial charge in [-0.05, 0) is 31.5 Å². The third-order valence-corrected chi connectivity index (χ3v) is 2.94. The summed E-state index contributed by atoms with van der Waals surface area (Å²) >= 11 is 5.33. The second-order valence-electron chi connectivity index (χ2n) is 4.01. The Balaban J connectivity index is 2.31. The molecular weight excluding hydrogens is 232 g/mol. The molecular formula is C12H14N4S. The fourth-order valence-electron chi connectivity index (χ4n) is 1.77. The summed E-state index contributed by atoms with van der Waals surface area (Å²) in [6, 6.07) is 3.89. The molecule has 2 heterocycles. The summed E-state index contributed by atoms with van der Waals surface area (Å²) in [5, 5.41) is 7.95. The van der Waals surface area contributed by atoms with Crippen molar-refractivity contribution in [1.29, 1.82) is 5.41 Å². The van der Waals surface area contributed by atoms with Crippen LogP contribution in [0.3, 0.4) is 0 Å². The molecule has 0 aliphatic heterocycles. The molecule has 0 aliphatic carbocycles. The van der Waals surface area contributed by atoms with Crippen LogP contribution in [-0.2, 0) is 6.54 Å². The highest BCUT2D eigenvalue weighted by atomic mass is 32.1. The first-order valence-corrected chi connectivity index (χ1v) is 5.72. The minimum absolute atomic E-state index is 0.477. The standard InChI is InChI=1S/C12H14N4S/c1-9-5-10(2)16(11(13)6-9)7-12(17)15-4-3-14-8-15/h3-6,8,13H,7H2,1-2H3. The Bertz CT molecular complexity index is 595. The first-order chi connectivity index (χ1) is 8.08. The van der Waals surface area contributed by atoms with Gasteiger partial charge < -0.3 is 4.57 Å². The Morgan fingerprint density at radius 1 is 1.41 bits per heavy atom. The van der Waals surface area contributed by atoms with E-state index < -0.39 is 0 Å². The quantitative estimate of drug-likeness (QED) is 0.819. The second-order valence-corrected chi connectivity index (χ2v) is 4.48. The molecule has 0 radical (unpaired) electrons. The zero-order chi connectivity index (χ0) is 12.4. The van der Waals surface area contributed by atoms with Crippen LogP contribution >= 0.6 is 12.2 Å². The number of hydrogen-bond acceptors (Lipinski definition) is 3. The normalized spacial score (nSPS) is 10.5. The molecule has 0 aromatic carbocycles. The van der Waals surface area contributed by atoms with E-state index in [1.165, 1.54) is 0 Å². The van der Waals surface area contributed by atoms with Crippen LogP contribution in [0.25, 0.3) is 0 Å². The lowest BCUT2D eigenvalue weighted by Crippen LogP contribution is -2.27. The second kappa shape index (κ2) is 4.63. The Morgan fingerprint density at radius 3 is 2.76 bits per heavy atom. The minimum Gasteiger partial charge on any atom is -0.324 e. The Morgan fingerprint density at radius 2 is 2.18 bits per heavy atom. The van der Waals surface area contributed by atoms with E-state index in [-0.39, 0.29) is 0 Å². The maximum Gasteiger partial charge on any atom is 0.125 e. The van der Waals surface area contributed by atoms with Crippen molar-refractivity contribution in [3.8, 4) is 0 Å². The first kappa shape index (κ1) is 11.7. The van der Waals surface area contributed by atoms with Crippen LogP contribution in [0.2, 0.25) is 0 Å². The molecule has 0 amide bonds. The number of aromatic nitrogens is 3. The van der Waals surface area contributed by atoms with E-state index in [1.807, 2.05) is 30.7 Å². The summed E-state index contributed by atoms with van der Waals surface area (Å²) in [6.07, 6.45) is 5.19. The number of rotatable bonds is 2. The Hall–Kier alpha value is -1.75. The van der Waals surface area contributed by atoms with Crippen molar-refractivity contribution in [2.24, 2.45) is 0 Å². The molecule has 2 rings (SSSR count). The Labute approximate surface area is 105 Å². The molecule has 0 fully saturated rings. The van der Waals surface area contributed by atoms with Gasteiger partial charge >= 0.3 is 0 Å². The summed E-state index contributed by atoms with van der Waals surface area (Å²) in [5.74, 6) is 0. The molecule has 17 heavy (non-hydrogen) atoms. The van der Waals surface area contributed by atoms with E-state index in [0.717, 1.165) is 16.2 Å². The van der Waals surface area contributed by atoms with Crippen molar-refractivity contribution in [2.75, 3.05) is 0 Å². The molecule has 88 valence electrons. The van der Waals surface area contributed by atoms with Gasteiger partial charge in [0.15, 0.2) is 0 Å². The van der Waals surface area contributed by atoms with Crippen molar-refractivity contribution in [3.63, 3.8) is 0 Å². The Kier molecular flexibility index (Phi) is 3.19. The zero-order valence-corrected chi connectivity index (χ0v) is 10.7.